The lowest BCUT2D eigenvalue weighted by molar-refractivity contribution is 0.0407. The van der Waals surface area contributed by atoms with Crippen LogP contribution in [0.5, 0.6) is 0 Å². The van der Waals surface area contributed by atoms with Crippen LogP contribution < -0.4 is 0 Å². The number of aliphatic hydroxyl groups is 1. The molecule has 0 saturated carbocycles. The van der Waals surface area contributed by atoms with Crippen molar-refractivity contribution in [2.45, 2.75) is 25.9 Å². The first-order valence-electron chi connectivity index (χ1n) is 5.01. The first-order valence-corrected chi connectivity index (χ1v) is 5.01. The van der Waals surface area contributed by atoms with E-state index in [-0.39, 0.29) is 12.7 Å². The average Bonchev–Trinajstić information content (AvgIpc) is 2.26. The second-order valence-electron chi connectivity index (χ2n) is 3.13. The van der Waals surface area contributed by atoms with E-state index in [4.69, 9.17) is 9.84 Å². The molecule has 0 fully saturated rings. The molecule has 0 spiro atoms. The van der Waals surface area contributed by atoms with E-state index < -0.39 is 0 Å². The standard InChI is InChI=1S/C11H17NO2/c1-2-11(14-8-4-7-13)10-5-3-6-12-9-10/h3,5-6,9,11,13H,2,4,7-8H2,1H3. The van der Waals surface area contributed by atoms with Crippen LogP contribution >= 0.6 is 0 Å². The first-order chi connectivity index (χ1) is 6.88. The monoisotopic (exact) mass is 195 g/mol. The second kappa shape index (κ2) is 6.51. The van der Waals surface area contributed by atoms with Gasteiger partial charge in [-0.05, 0) is 24.5 Å². The summed E-state index contributed by atoms with van der Waals surface area (Å²) in [6, 6.07) is 3.92. The Bertz CT molecular complexity index is 238. The van der Waals surface area contributed by atoms with Crippen LogP contribution in [0.3, 0.4) is 0 Å². The molecule has 78 valence electrons. The van der Waals surface area contributed by atoms with Gasteiger partial charge in [0.25, 0.3) is 0 Å². The lowest BCUT2D eigenvalue weighted by Gasteiger charge is -2.15. The summed E-state index contributed by atoms with van der Waals surface area (Å²) in [6.45, 7) is 2.87. The topological polar surface area (TPSA) is 42.4 Å². The molecule has 0 aliphatic carbocycles. The van der Waals surface area contributed by atoms with Crippen LogP contribution in [0.4, 0.5) is 0 Å². The normalized spacial score (nSPS) is 12.7. The number of hydrogen-bond donors (Lipinski definition) is 1. The molecule has 3 heteroatoms. The molecular formula is C11H17NO2. The average molecular weight is 195 g/mol. The van der Waals surface area contributed by atoms with Gasteiger partial charge in [-0.3, -0.25) is 4.98 Å². The number of nitrogens with zero attached hydrogens (tertiary/aromatic N) is 1. The number of hydrogen-bond acceptors (Lipinski definition) is 3. The molecule has 0 amide bonds. The van der Waals surface area contributed by atoms with Gasteiger partial charge < -0.3 is 9.84 Å². The van der Waals surface area contributed by atoms with Crippen molar-refractivity contribution in [3.05, 3.63) is 30.1 Å². The van der Waals surface area contributed by atoms with E-state index in [9.17, 15) is 0 Å². The van der Waals surface area contributed by atoms with Gasteiger partial charge in [-0.1, -0.05) is 13.0 Å². The number of aliphatic hydroxyl groups excluding tert-OH is 1. The minimum Gasteiger partial charge on any atom is -0.396 e. The molecular weight excluding hydrogens is 178 g/mol. The lowest BCUT2D eigenvalue weighted by atomic mass is 10.1. The highest BCUT2D eigenvalue weighted by Crippen LogP contribution is 2.19. The molecule has 1 aromatic rings. The SMILES string of the molecule is CCC(OCCCO)c1cccnc1. The van der Waals surface area contributed by atoms with E-state index >= 15 is 0 Å². The van der Waals surface area contributed by atoms with E-state index in [1.165, 1.54) is 0 Å². The smallest absolute Gasteiger partial charge is 0.0837 e. The van der Waals surface area contributed by atoms with Crippen molar-refractivity contribution in [3.8, 4) is 0 Å². The van der Waals surface area contributed by atoms with Gasteiger partial charge >= 0.3 is 0 Å². The maximum Gasteiger partial charge on any atom is 0.0837 e. The highest BCUT2D eigenvalue weighted by atomic mass is 16.5. The van der Waals surface area contributed by atoms with E-state index in [0.29, 0.717) is 13.0 Å². The Morgan fingerprint density at radius 1 is 1.57 bits per heavy atom. The van der Waals surface area contributed by atoms with Gasteiger partial charge in [0, 0.05) is 25.6 Å². The van der Waals surface area contributed by atoms with E-state index in [2.05, 4.69) is 11.9 Å². The predicted octanol–water partition coefficient (Wildman–Crippen LogP) is 1.93. The van der Waals surface area contributed by atoms with Gasteiger partial charge in [0.2, 0.25) is 0 Å². The van der Waals surface area contributed by atoms with Gasteiger partial charge in [-0.15, -0.1) is 0 Å². The fourth-order valence-corrected chi connectivity index (χ4v) is 1.31. The fourth-order valence-electron chi connectivity index (χ4n) is 1.31. The van der Waals surface area contributed by atoms with Gasteiger partial charge in [0.15, 0.2) is 0 Å². The van der Waals surface area contributed by atoms with Crippen LogP contribution in [0.1, 0.15) is 31.4 Å². The first kappa shape index (κ1) is 11.1. The fraction of sp³-hybridized carbons (Fsp3) is 0.545. The number of pyridine rings is 1. The number of ether oxygens (including phenoxy) is 1. The lowest BCUT2D eigenvalue weighted by Crippen LogP contribution is -2.05. The van der Waals surface area contributed by atoms with Crippen molar-refractivity contribution in [2.75, 3.05) is 13.2 Å². The van der Waals surface area contributed by atoms with Gasteiger partial charge in [0.05, 0.1) is 6.10 Å². The van der Waals surface area contributed by atoms with Crippen LogP contribution in [-0.4, -0.2) is 23.3 Å². The van der Waals surface area contributed by atoms with Crippen LogP contribution in [0.15, 0.2) is 24.5 Å². The van der Waals surface area contributed by atoms with Crippen LogP contribution in [0, 0.1) is 0 Å². The summed E-state index contributed by atoms with van der Waals surface area (Å²) in [6.07, 6.45) is 5.31. The highest BCUT2D eigenvalue weighted by Gasteiger charge is 2.08. The second-order valence-corrected chi connectivity index (χ2v) is 3.13. The molecule has 14 heavy (non-hydrogen) atoms. The van der Waals surface area contributed by atoms with Crippen molar-refractivity contribution in [3.63, 3.8) is 0 Å². The Hall–Kier alpha value is -0.930. The van der Waals surface area contributed by atoms with Gasteiger partial charge in [-0.25, -0.2) is 0 Å². The molecule has 1 heterocycles. The zero-order valence-electron chi connectivity index (χ0n) is 8.52. The molecule has 0 bridgehead atoms. The third kappa shape index (κ3) is 3.44. The minimum atomic E-state index is 0.107. The molecule has 1 rings (SSSR count). The van der Waals surface area contributed by atoms with Crippen molar-refractivity contribution in [1.82, 2.24) is 4.98 Å². The maximum atomic E-state index is 8.63. The summed E-state index contributed by atoms with van der Waals surface area (Å²) in [7, 11) is 0. The summed E-state index contributed by atoms with van der Waals surface area (Å²) in [5, 5.41) is 8.63. The summed E-state index contributed by atoms with van der Waals surface area (Å²) in [4.78, 5) is 4.05. The maximum absolute atomic E-state index is 8.63. The third-order valence-corrected chi connectivity index (χ3v) is 2.05. The molecule has 3 nitrogen and oxygen atoms in total. The zero-order chi connectivity index (χ0) is 10.2. The third-order valence-electron chi connectivity index (χ3n) is 2.05. The number of rotatable bonds is 6. The molecule has 0 saturated heterocycles. The van der Waals surface area contributed by atoms with E-state index in [1.807, 2.05) is 18.3 Å². The molecule has 1 atom stereocenters. The van der Waals surface area contributed by atoms with Crippen molar-refractivity contribution in [1.29, 1.82) is 0 Å². The Morgan fingerprint density at radius 3 is 3.00 bits per heavy atom. The predicted molar refractivity (Wildman–Crippen MR) is 54.9 cm³/mol. The molecule has 1 aromatic heterocycles. The van der Waals surface area contributed by atoms with Gasteiger partial charge in [0.1, 0.15) is 0 Å². The molecule has 0 aliphatic rings. The molecule has 0 aromatic carbocycles. The largest absolute Gasteiger partial charge is 0.396 e. The number of aromatic nitrogens is 1. The summed E-state index contributed by atoms with van der Waals surface area (Å²) < 4.78 is 5.62. The molecule has 1 N–H and O–H groups in total. The summed E-state index contributed by atoms with van der Waals surface area (Å²) >= 11 is 0. The van der Waals surface area contributed by atoms with E-state index in [1.54, 1.807) is 6.20 Å². The minimum absolute atomic E-state index is 0.107. The van der Waals surface area contributed by atoms with E-state index in [0.717, 1.165) is 12.0 Å². The molecule has 0 radical (unpaired) electrons. The van der Waals surface area contributed by atoms with Crippen LogP contribution in [0.25, 0.3) is 0 Å². The summed E-state index contributed by atoms with van der Waals surface area (Å²) in [5.74, 6) is 0. The van der Waals surface area contributed by atoms with Crippen LogP contribution in [0.2, 0.25) is 0 Å². The summed E-state index contributed by atoms with van der Waals surface area (Å²) in [5.41, 5.74) is 1.10. The Kier molecular flexibility index (Phi) is 5.19. The Labute approximate surface area is 84.7 Å². The highest BCUT2D eigenvalue weighted by molar-refractivity contribution is 5.11. The van der Waals surface area contributed by atoms with Crippen molar-refractivity contribution >= 4 is 0 Å². The van der Waals surface area contributed by atoms with Gasteiger partial charge in [-0.2, -0.15) is 0 Å². The quantitative estimate of drug-likeness (QED) is 0.705. The Morgan fingerprint density at radius 2 is 2.43 bits per heavy atom. The van der Waals surface area contributed by atoms with Crippen molar-refractivity contribution < 1.29 is 9.84 Å². The Balaban J connectivity index is 2.46. The molecule has 1 unspecified atom stereocenters. The molecule has 0 aliphatic heterocycles. The zero-order valence-corrected chi connectivity index (χ0v) is 8.52. The van der Waals surface area contributed by atoms with Crippen LogP contribution in [-0.2, 0) is 4.74 Å². The van der Waals surface area contributed by atoms with Crippen molar-refractivity contribution in [2.24, 2.45) is 0 Å².